The highest BCUT2D eigenvalue weighted by molar-refractivity contribution is 7.80. The molecule has 8 heteroatoms. The lowest BCUT2D eigenvalue weighted by molar-refractivity contribution is -0.107. The van der Waals surface area contributed by atoms with Gasteiger partial charge in [-0.15, -0.1) is 0 Å². The van der Waals surface area contributed by atoms with E-state index in [1.54, 1.807) is 24.3 Å². The topological polar surface area (TPSA) is 117 Å². The Hall–Kier alpha value is -4.04. The normalized spacial score (nSPS) is 10.9. The lowest BCUT2D eigenvalue weighted by Crippen LogP contribution is -2.10. The zero-order valence-corrected chi connectivity index (χ0v) is 18.9. The number of hydrogen-bond acceptors (Lipinski definition) is 6. The Bertz CT molecular complexity index is 1440. The molecule has 0 fully saturated rings. The van der Waals surface area contributed by atoms with E-state index in [1.165, 1.54) is 30.3 Å². The zero-order chi connectivity index (χ0) is 24.2. The first kappa shape index (κ1) is 23.1. The van der Waals surface area contributed by atoms with Crippen LogP contribution in [0.4, 0.5) is 5.69 Å². The van der Waals surface area contributed by atoms with Crippen molar-refractivity contribution in [2.45, 2.75) is 25.7 Å². The first-order chi connectivity index (χ1) is 16.4. The third-order valence-electron chi connectivity index (χ3n) is 5.46. The number of benzene rings is 3. The molecular formula is C26H21NO6S. The maximum absolute atomic E-state index is 12.3. The summed E-state index contributed by atoms with van der Waals surface area (Å²) in [5.41, 5.74) is 2.25. The number of phenolic OH excluding ortho intramolecular Hbond substituents is 1. The van der Waals surface area contributed by atoms with Crippen molar-refractivity contribution in [2.24, 2.45) is 0 Å². The van der Waals surface area contributed by atoms with Gasteiger partial charge < -0.3 is 24.7 Å². The van der Waals surface area contributed by atoms with Crippen LogP contribution in [0.2, 0.25) is 0 Å². The minimum Gasteiger partial charge on any atom is -0.508 e. The maximum Gasteiger partial charge on any atom is 0.336 e. The van der Waals surface area contributed by atoms with Gasteiger partial charge in [-0.25, -0.2) is 4.79 Å². The van der Waals surface area contributed by atoms with Crippen molar-refractivity contribution in [3.05, 3.63) is 70.4 Å². The van der Waals surface area contributed by atoms with Crippen molar-refractivity contribution in [1.29, 1.82) is 0 Å². The van der Waals surface area contributed by atoms with E-state index in [9.17, 15) is 24.6 Å². The molecule has 0 saturated heterocycles. The van der Waals surface area contributed by atoms with E-state index in [1.807, 2.05) is 0 Å². The number of carboxylic acid groups (broad SMARTS) is 1. The number of aldehydes is 1. The molecule has 1 aliphatic heterocycles. The van der Waals surface area contributed by atoms with Crippen LogP contribution >= 0.6 is 12.2 Å². The minimum absolute atomic E-state index is 0.0144. The van der Waals surface area contributed by atoms with Crippen LogP contribution in [0.15, 0.2) is 63.8 Å². The third kappa shape index (κ3) is 4.82. The number of carboxylic acids is 1. The molecule has 0 amide bonds. The molecule has 172 valence electrons. The molecule has 0 atom stereocenters. The van der Waals surface area contributed by atoms with Gasteiger partial charge in [0, 0.05) is 40.8 Å². The van der Waals surface area contributed by atoms with Crippen molar-refractivity contribution in [3.63, 3.8) is 0 Å². The van der Waals surface area contributed by atoms with E-state index < -0.39 is 5.97 Å². The molecular weight excluding hydrogens is 454 g/mol. The molecule has 34 heavy (non-hydrogen) atoms. The van der Waals surface area contributed by atoms with Gasteiger partial charge in [-0.2, -0.15) is 0 Å². The van der Waals surface area contributed by atoms with Gasteiger partial charge >= 0.3 is 5.97 Å². The SMILES string of the molecule is O=CCCCCC(=S)Nc1ccc(-c2c3ccc(=O)cc-3oc3cc(O)ccc23)c(C(=O)O)c1. The van der Waals surface area contributed by atoms with Crippen molar-refractivity contribution in [3.8, 4) is 28.2 Å². The monoisotopic (exact) mass is 475 g/mol. The number of carbonyl (C=O) groups is 2. The van der Waals surface area contributed by atoms with E-state index in [-0.39, 0.29) is 22.5 Å². The fourth-order valence-electron chi connectivity index (χ4n) is 3.90. The summed E-state index contributed by atoms with van der Waals surface area (Å²) in [7, 11) is 0. The molecule has 0 unspecified atom stereocenters. The summed E-state index contributed by atoms with van der Waals surface area (Å²) in [5.74, 6) is -0.855. The number of thiocarbonyl (C=S) groups is 1. The number of anilines is 1. The molecule has 0 bridgehead atoms. The van der Waals surface area contributed by atoms with Crippen molar-refractivity contribution >= 4 is 46.1 Å². The molecule has 4 rings (SSSR count). The highest BCUT2D eigenvalue weighted by Crippen LogP contribution is 2.42. The Morgan fingerprint density at radius 1 is 1.03 bits per heavy atom. The Balaban J connectivity index is 1.81. The Morgan fingerprint density at radius 3 is 2.59 bits per heavy atom. The molecule has 2 aromatic rings. The number of fused-ring (bicyclic) bond motifs is 2. The van der Waals surface area contributed by atoms with Crippen LogP contribution in [0.1, 0.15) is 36.0 Å². The van der Waals surface area contributed by atoms with Gasteiger partial charge in [0.15, 0.2) is 5.43 Å². The van der Waals surface area contributed by atoms with Crippen LogP contribution in [0.5, 0.6) is 5.75 Å². The van der Waals surface area contributed by atoms with E-state index in [4.69, 9.17) is 16.6 Å². The predicted octanol–water partition coefficient (Wildman–Crippen LogP) is 5.47. The third-order valence-corrected chi connectivity index (χ3v) is 5.76. The second-order valence-electron chi connectivity index (χ2n) is 7.84. The maximum atomic E-state index is 12.3. The summed E-state index contributed by atoms with van der Waals surface area (Å²) in [4.78, 5) is 35.2. The quantitative estimate of drug-likeness (QED) is 0.133. The molecule has 1 heterocycles. The molecule has 2 aliphatic rings. The van der Waals surface area contributed by atoms with E-state index >= 15 is 0 Å². The molecule has 1 aliphatic carbocycles. The van der Waals surface area contributed by atoms with Gasteiger partial charge in [-0.3, -0.25) is 4.79 Å². The van der Waals surface area contributed by atoms with E-state index in [0.717, 1.165) is 19.1 Å². The van der Waals surface area contributed by atoms with Crippen LogP contribution in [0.25, 0.3) is 33.4 Å². The van der Waals surface area contributed by atoms with Crippen molar-refractivity contribution in [2.75, 3.05) is 5.32 Å². The van der Waals surface area contributed by atoms with Crippen LogP contribution in [0.3, 0.4) is 0 Å². The minimum atomic E-state index is -1.13. The predicted molar refractivity (Wildman–Crippen MR) is 134 cm³/mol. The van der Waals surface area contributed by atoms with Gasteiger partial charge in [0.1, 0.15) is 23.4 Å². The number of unbranched alkanes of at least 4 members (excludes halogenated alkanes) is 2. The van der Waals surface area contributed by atoms with E-state index in [2.05, 4.69) is 5.32 Å². The largest absolute Gasteiger partial charge is 0.508 e. The number of hydrogen-bond donors (Lipinski definition) is 3. The first-order valence-electron chi connectivity index (χ1n) is 10.7. The van der Waals surface area contributed by atoms with Gasteiger partial charge in [-0.05, 0) is 61.2 Å². The van der Waals surface area contributed by atoms with Gasteiger partial charge in [-0.1, -0.05) is 18.3 Å². The standard InChI is InChI=1S/C26H21NO6S/c28-11-3-1-2-4-24(34)27-15-5-8-18(21(12-15)26(31)32)25-19-9-6-16(29)13-22(19)33-23-14-17(30)7-10-20(23)25/h5-14,29H,1-4H2,(H,27,34)(H,31,32). The second kappa shape index (κ2) is 9.84. The summed E-state index contributed by atoms with van der Waals surface area (Å²) >= 11 is 5.36. The van der Waals surface area contributed by atoms with E-state index in [0.29, 0.717) is 51.2 Å². The van der Waals surface area contributed by atoms with Gasteiger partial charge in [0.2, 0.25) is 0 Å². The number of rotatable bonds is 8. The summed E-state index contributed by atoms with van der Waals surface area (Å²) in [6.45, 7) is 0. The van der Waals surface area contributed by atoms with Gasteiger partial charge in [0.25, 0.3) is 0 Å². The van der Waals surface area contributed by atoms with Crippen LogP contribution in [-0.2, 0) is 4.79 Å². The molecule has 2 aromatic carbocycles. The molecule has 0 saturated carbocycles. The number of nitrogens with one attached hydrogen (secondary N) is 1. The summed E-state index contributed by atoms with van der Waals surface area (Å²) in [6, 6.07) is 13.9. The molecule has 0 radical (unpaired) electrons. The number of carbonyl (C=O) groups excluding carboxylic acids is 1. The summed E-state index contributed by atoms with van der Waals surface area (Å²) < 4.78 is 5.84. The number of aromatic carboxylic acids is 1. The van der Waals surface area contributed by atoms with Crippen LogP contribution < -0.4 is 10.7 Å². The Morgan fingerprint density at radius 2 is 1.82 bits per heavy atom. The highest BCUT2D eigenvalue weighted by atomic mass is 32.1. The Labute approximate surface area is 200 Å². The zero-order valence-electron chi connectivity index (χ0n) is 18.0. The average molecular weight is 476 g/mol. The first-order valence-corrected chi connectivity index (χ1v) is 11.1. The summed E-state index contributed by atoms with van der Waals surface area (Å²) in [6.07, 6.45) is 3.44. The molecule has 0 spiro atoms. The molecule has 7 nitrogen and oxygen atoms in total. The average Bonchev–Trinajstić information content (AvgIpc) is 2.80. The van der Waals surface area contributed by atoms with Crippen molar-refractivity contribution in [1.82, 2.24) is 0 Å². The second-order valence-corrected chi connectivity index (χ2v) is 8.33. The smallest absolute Gasteiger partial charge is 0.336 e. The van der Waals surface area contributed by atoms with Crippen molar-refractivity contribution < 1.29 is 24.2 Å². The van der Waals surface area contributed by atoms with Gasteiger partial charge in [0.05, 0.1) is 10.6 Å². The van der Waals surface area contributed by atoms with Crippen LogP contribution in [-0.4, -0.2) is 27.5 Å². The highest BCUT2D eigenvalue weighted by Gasteiger charge is 2.22. The lowest BCUT2D eigenvalue weighted by Gasteiger charge is -2.17. The number of aromatic hydroxyl groups is 1. The molecule has 0 aromatic heterocycles. The summed E-state index contributed by atoms with van der Waals surface area (Å²) in [5, 5.41) is 23.6. The van der Waals surface area contributed by atoms with Crippen LogP contribution in [0, 0.1) is 0 Å². The fraction of sp³-hybridized carbons (Fsp3) is 0.154. The molecule has 3 N–H and O–H groups in total. The fourth-order valence-corrected chi connectivity index (χ4v) is 4.17. The Kier molecular flexibility index (Phi) is 6.70. The lowest BCUT2D eigenvalue weighted by atomic mass is 9.90. The number of phenols is 1.